The predicted octanol–water partition coefficient (Wildman–Crippen LogP) is 15.4. The van der Waals surface area contributed by atoms with Gasteiger partial charge in [-0.25, -0.2) is 4.98 Å². The third kappa shape index (κ3) is 9.11. The van der Waals surface area contributed by atoms with Crippen LogP contribution < -0.4 is 0 Å². The van der Waals surface area contributed by atoms with E-state index in [0.717, 1.165) is 55.7 Å². The van der Waals surface area contributed by atoms with Crippen molar-refractivity contribution in [3.63, 3.8) is 0 Å². The predicted molar refractivity (Wildman–Crippen MR) is 261 cm³/mol. The first kappa shape index (κ1) is 41.4. The smallest absolute Gasteiger partial charge is 0.148 e. The molecule has 0 aliphatic rings. The van der Waals surface area contributed by atoms with E-state index in [4.69, 9.17) is 11.3 Å². The molecular formula is C58H60N3OPt-. The standard InChI is InChI=1S/C58H60N3O.Pt/c1-55(2,3)42-26-27-50(46(34-42)38-22-17-14-18-23-38)61-51-25-19-24-45(52(51)60-54(61)47-35-44(57(7,8)9)36-48(53(47)62)58(10,11)12)40-30-41(32-43(31-40)56(4,5)6)49-33-39(28-29-59-49)37-20-15-13-16-21-37;/h13-29,31-36,62H,1-12H3;/q-1;/i28D,35D,36D;. The van der Waals surface area contributed by atoms with Crippen molar-refractivity contribution in [2.75, 3.05) is 0 Å². The largest absolute Gasteiger partial charge is 0.507 e. The van der Waals surface area contributed by atoms with Gasteiger partial charge in [-0.3, -0.25) is 9.55 Å². The summed E-state index contributed by atoms with van der Waals surface area (Å²) in [5.74, 6) is 0.312. The Morgan fingerprint density at radius 2 is 1.17 bits per heavy atom. The Morgan fingerprint density at radius 1 is 0.556 bits per heavy atom. The molecule has 324 valence electrons. The zero-order valence-electron chi connectivity index (χ0n) is 41.7. The van der Waals surface area contributed by atoms with Crippen molar-refractivity contribution in [3.8, 4) is 67.5 Å². The molecule has 0 saturated carbocycles. The minimum absolute atomic E-state index is 0. The van der Waals surface area contributed by atoms with Gasteiger partial charge in [0.05, 0.1) is 26.4 Å². The van der Waals surface area contributed by atoms with Crippen molar-refractivity contribution in [1.29, 1.82) is 0 Å². The molecule has 8 aromatic rings. The molecule has 6 aromatic carbocycles. The molecule has 0 amide bonds. The van der Waals surface area contributed by atoms with Gasteiger partial charge in [0.15, 0.2) is 0 Å². The Bertz CT molecular complexity index is 3070. The van der Waals surface area contributed by atoms with E-state index in [9.17, 15) is 7.85 Å². The van der Waals surface area contributed by atoms with Gasteiger partial charge < -0.3 is 5.11 Å². The van der Waals surface area contributed by atoms with Crippen LogP contribution in [-0.2, 0) is 42.7 Å². The average molecular weight is 1010 g/mol. The van der Waals surface area contributed by atoms with Crippen LogP contribution in [0.1, 0.15) is 109 Å². The second-order valence-corrected chi connectivity index (χ2v) is 20.7. The first-order chi connectivity index (χ1) is 30.4. The van der Waals surface area contributed by atoms with E-state index in [-0.39, 0.29) is 55.3 Å². The van der Waals surface area contributed by atoms with Crippen molar-refractivity contribution in [3.05, 3.63) is 168 Å². The number of nitrogens with zero attached hydrogens (tertiary/aromatic N) is 3. The fourth-order valence-corrected chi connectivity index (χ4v) is 7.98. The number of rotatable bonds is 6. The number of fused-ring (bicyclic) bond motifs is 1. The van der Waals surface area contributed by atoms with Crippen molar-refractivity contribution < 1.29 is 30.3 Å². The van der Waals surface area contributed by atoms with Crippen LogP contribution in [0.5, 0.6) is 5.75 Å². The number of aromatic hydroxyl groups is 1. The van der Waals surface area contributed by atoms with Gasteiger partial charge in [0.2, 0.25) is 0 Å². The molecule has 4 nitrogen and oxygen atoms in total. The molecule has 0 aliphatic heterocycles. The van der Waals surface area contributed by atoms with E-state index in [1.807, 2.05) is 102 Å². The number of aromatic nitrogens is 3. The fraction of sp³-hybridized carbons (Fsp3) is 0.276. The van der Waals surface area contributed by atoms with Gasteiger partial charge >= 0.3 is 0 Å². The van der Waals surface area contributed by atoms with Gasteiger partial charge in [-0.2, -0.15) is 0 Å². The fourth-order valence-electron chi connectivity index (χ4n) is 7.98. The molecule has 63 heavy (non-hydrogen) atoms. The van der Waals surface area contributed by atoms with E-state index >= 15 is 0 Å². The van der Waals surface area contributed by atoms with E-state index in [0.29, 0.717) is 34.2 Å². The molecule has 0 unspecified atom stereocenters. The molecule has 0 bridgehead atoms. The zero-order chi connectivity index (χ0) is 47.0. The molecule has 2 heterocycles. The number of benzene rings is 6. The van der Waals surface area contributed by atoms with Crippen molar-refractivity contribution >= 4 is 11.0 Å². The molecule has 0 fully saturated rings. The first-order valence-corrected chi connectivity index (χ1v) is 21.6. The molecule has 5 heteroatoms. The Hall–Kier alpha value is -5.57. The van der Waals surface area contributed by atoms with E-state index in [1.165, 1.54) is 5.56 Å². The van der Waals surface area contributed by atoms with Crippen LogP contribution in [0, 0.1) is 6.07 Å². The maximum atomic E-state index is 12.6. The quantitative estimate of drug-likeness (QED) is 0.169. The maximum Gasteiger partial charge on any atom is 0.148 e. The summed E-state index contributed by atoms with van der Waals surface area (Å²) in [6.07, 6.45) is 1.61. The summed E-state index contributed by atoms with van der Waals surface area (Å²) in [6.45, 7) is 25.3. The molecular weight excluding hydrogens is 950 g/mol. The van der Waals surface area contributed by atoms with Gasteiger partial charge in [-0.1, -0.05) is 185 Å². The Balaban J connectivity index is 0.00000648. The molecule has 0 spiro atoms. The summed E-state index contributed by atoms with van der Waals surface area (Å²) in [6, 6.07) is 43.7. The van der Waals surface area contributed by atoms with Gasteiger partial charge in [-0.15, -0.1) is 29.3 Å². The number of hydrogen-bond acceptors (Lipinski definition) is 3. The van der Waals surface area contributed by atoms with Gasteiger partial charge in [0, 0.05) is 44.1 Å². The van der Waals surface area contributed by atoms with Crippen LogP contribution in [0.3, 0.4) is 0 Å². The number of hydrogen-bond donors (Lipinski definition) is 1. The van der Waals surface area contributed by atoms with E-state index in [2.05, 4.69) is 107 Å². The topological polar surface area (TPSA) is 50.9 Å². The van der Waals surface area contributed by atoms with Gasteiger partial charge in [-0.05, 0) is 79.8 Å². The number of para-hydroxylation sites is 1. The third-order valence-corrected chi connectivity index (χ3v) is 11.7. The van der Waals surface area contributed by atoms with Crippen LogP contribution in [-0.4, -0.2) is 19.6 Å². The van der Waals surface area contributed by atoms with Crippen LogP contribution >= 0.6 is 0 Å². The molecule has 0 atom stereocenters. The average Bonchev–Trinajstić information content (AvgIpc) is 3.61. The van der Waals surface area contributed by atoms with Crippen LogP contribution in [0.4, 0.5) is 0 Å². The monoisotopic (exact) mass is 1010 g/mol. The summed E-state index contributed by atoms with van der Waals surface area (Å²) < 4.78 is 30.3. The van der Waals surface area contributed by atoms with Crippen LogP contribution in [0.2, 0.25) is 0 Å². The summed E-state index contributed by atoms with van der Waals surface area (Å²) in [5.41, 5.74) is 11.2. The molecule has 0 saturated heterocycles. The molecule has 1 N–H and O–H groups in total. The Morgan fingerprint density at radius 3 is 1.79 bits per heavy atom. The Labute approximate surface area is 394 Å². The van der Waals surface area contributed by atoms with Crippen molar-refractivity contribution in [2.24, 2.45) is 0 Å². The number of phenolic OH excluding ortho intramolecular Hbond substituents is 1. The minimum atomic E-state index is -0.624. The zero-order valence-corrected chi connectivity index (χ0v) is 40.9. The van der Waals surface area contributed by atoms with E-state index < -0.39 is 10.8 Å². The molecule has 0 aliphatic carbocycles. The van der Waals surface area contributed by atoms with Crippen molar-refractivity contribution in [2.45, 2.75) is 105 Å². The summed E-state index contributed by atoms with van der Waals surface area (Å²) in [5, 5.41) is 12.6. The second-order valence-electron chi connectivity index (χ2n) is 20.7. The minimum Gasteiger partial charge on any atom is -0.507 e. The summed E-state index contributed by atoms with van der Waals surface area (Å²) in [7, 11) is 0. The number of pyridine rings is 1. The van der Waals surface area contributed by atoms with Gasteiger partial charge in [0.25, 0.3) is 0 Å². The first-order valence-electron chi connectivity index (χ1n) is 23.1. The van der Waals surface area contributed by atoms with Crippen LogP contribution in [0.25, 0.3) is 72.7 Å². The van der Waals surface area contributed by atoms with E-state index in [1.54, 1.807) is 6.20 Å². The number of imidazole rings is 1. The number of phenols is 1. The molecule has 8 rings (SSSR count). The molecule has 2 aromatic heterocycles. The summed E-state index contributed by atoms with van der Waals surface area (Å²) in [4.78, 5) is 10.4. The third-order valence-electron chi connectivity index (χ3n) is 11.7. The summed E-state index contributed by atoms with van der Waals surface area (Å²) >= 11 is 0. The van der Waals surface area contributed by atoms with Gasteiger partial charge in [0.1, 0.15) is 11.6 Å². The van der Waals surface area contributed by atoms with Crippen LogP contribution in [0.15, 0.2) is 140 Å². The Kier molecular flexibility index (Phi) is 11.1. The maximum absolute atomic E-state index is 12.6. The SMILES string of the molecule is [2H]c1cnc(-c2[c-]c(-c3cccc4c3nc(-c3c([2H])c(C(C)(C)C)c([2H])c(C(C)(C)C)c3O)n4-c3ccc(C(C)(C)C)cc3-c3ccccc3)cc(C(C)(C)C)c2)cc1-c1ccccc1.[Pt]. The second kappa shape index (κ2) is 16.9. The normalized spacial score (nSPS) is 13.0. The van der Waals surface area contributed by atoms with Crippen molar-refractivity contribution in [1.82, 2.24) is 14.5 Å². The molecule has 0 radical (unpaired) electrons.